The Morgan fingerprint density at radius 3 is 2.53 bits per heavy atom. The smallest absolute Gasteiger partial charge is 0.0756 e. The van der Waals surface area contributed by atoms with E-state index < -0.39 is 0 Å². The maximum absolute atomic E-state index is 9.35. The number of nitriles is 1. The molecular formula is C15H16ClN. The van der Waals surface area contributed by atoms with Gasteiger partial charge in [0, 0.05) is 5.02 Å². The Morgan fingerprint density at radius 1 is 1.18 bits per heavy atom. The van der Waals surface area contributed by atoms with Gasteiger partial charge in [0.2, 0.25) is 0 Å². The third-order valence-corrected chi connectivity index (χ3v) is 3.80. The van der Waals surface area contributed by atoms with Crippen molar-refractivity contribution in [3.63, 3.8) is 0 Å². The van der Waals surface area contributed by atoms with Gasteiger partial charge in [-0.05, 0) is 24.5 Å². The summed E-state index contributed by atoms with van der Waals surface area (Å²) in [6.45, 7) is 0. The van der Waals surface area contributed by atoms with Gasteiger partial charge in [-0.25, -0.2) is 0 Å². The van der Waals surface area contributed by atoms with E-state index in [1.807, 2.05) is 36.4 Å². The van der Waals surface area contributed by atoms with Crippen LogP contribution < -0.4 is 0 Å². The molecule has 2 rings (SSSR count). The molecule has 17 heavy (non-hydrogen) atoms. The first-order valence-electron chi connectivity index (χ1n) is 6.11. The van der Waals surface area contributed by atoms with Crippen molar-refractivity contribution in [1.29, 1.82) is 5.26 Å². The fraction of sp³-hybridized carbons (Fsp3) is 0.400. The Hall–Kier alpha value is -1.26. The first-order chi connectivity index (χ1) is 8.26. The number of benzene rings is 1. The molecule has 1 aliphatic rings. The second-order valence-electron chi connectivity index (χ2n) is 4.68. The molecule has 0 N–H and O–H groups in total. The van der Waals surface area contributed by atoms with Crippen molar-refractivity contribution in [1.82, 2.24) is 0 Å². The van der Waals surface area contributed by atoms with E-state index in [1.165, 1.54) is 6.42 Å². The number of halogens is 1. The highest BCUT2D eigenvalue weighted by molar-refractivity contribution is 6.32. The third kappa shape index (κ3) is 2.90. The van der Waals surface area contributed by atoms with Gasteiger partial charge in [-0.2, -0.15) is 5.26 Å². The minimum absolute atomic E-state index is 0.266. The van der Waals surface area contributed by atoms with Gasteiger partial charge in [-0.1, -0.05) is 61.2 Å². The van der Waals surface area contributed by atoms with E-state index in [9.17, 15) is 5.26 Å². The molecule has 1 fully saturated rings. The summed E-state index contributed by atoms with van der Waals surface area (Å²) in [5, 5.41) is 10.1. The molecule has 0 radical (unpaired) electrons. The maximum Gasteiger partial charge on any atom is 0.0756 e. The van der Waals surface area contributed by atoms with Gasteiger partial charge in [0.05, 0.1) is 11.5 Å². The average Bonchev–Trinajstić information content (AvgIpc) is 2.39. The lowest BCUT2D eigenvalue weighted by molar-refractivity contribution is 0.337. The van der Waals surface area contributed by atoms with Gasteiger partial charge in [0.1, 0.15) is 0 Å². The van der Waals surface area contributed by atoms with E-state index in [0.717, 1.165) is 36.3 Å². The molecule has 1 aromatic carbocycles. The largest absolute Gasteiger partial charge is 0.197 e. The van der Waals surface area contributed by atoms with E-state index in [1.54, 1.807) is 0 Å². The Balaban J connectivity index is 2.19. The molecule has 0 spiro atoms. The first kappa shape index (κ1) is 12.2. The van der Waals surface area contributed by atoms with Crippen molar-refractivity contribution >= 4 is 17.7 Å². The minimum Gasteiger partial charge on any atom is -0.197 e. The summed E-state index contributed by atoms with van der Waals surface area (Å²) in [6.07, 6.45) is 9.56. The Bertz CT molecular complexity index is 450. The molecule has 0 aliphatic heterocycles. The number of allylic oxidation sites excluding steroid dienone is 1. The molecule has 1 nitrogen and oxygen atoms in total. The molecule has 0 unspecified atom stereocenters. The Labute approximate surface area is 108 Å². The Morgan fingerprint density at radius 2 is 1.88 bits per heavy atom. The van der Waals surface area contributed by atoms with Crippen LogP contribution in [0.15, 0.2) is 30.3 Å². The Kier molecular flexibility index (Phi) is 3.86. The van der Waals surface area contributed by atoms with Crippen LogP contribution in [-0.2, 0) is 0 Å². The van der Waals surface area contributed by atoms with Crippen LogP contribution in [0.2, 0.25) is 5.02 Å². The van der Waals surface area contributed by atoms with Crippen LogP contribution in [0.3, 0.4) is 0 Å². The second-order valence-corrected chi connectivity index (χ2v) is 5.09. The van der Waals surface area contributed by atoms with Crippen LogP contribution in [0.25, 0.3) is 6.08 Å². The van der Waals surface area contributed by atoms with Crippen molar-refractivity contribution in [3.8, 4) is 6.07 Å². The predicted octanol–water partition coefficient (Wildman–Crippen LogP) is 4.83. The molecule has 0 amide bonds. The first-order valence-corrected chi connectivity index (χ1v) is 6.49. The monoisotopic (exact) mass is 245 g/mol. The highest BCUT2D eigenvalue weighted by Crippen LogP contribution is 2.37. The standard InChI is InChI=1S/C15H16ClN/c16-14-7-3-2-6-13(14)8-11-15(12-17)9-4-1-5-10-15/h2-3,6-8,11H,1,4-5,9-10H2. The quantitative estimate of drug-likeness (QED) is 0.732. The maximum atomic E-state index is 9.35. The zero-order chi connectivity index (χ0) is 12.1. The summed E-state index contributed by atoms with van der Waals surface area (Å²) < 4.78 is 0. The lowest BCUT2D eigenvalue weighted by Gasteiger charge is -2.27. The van der Waals surface area contributed by atoms with Gasteiger partial charge in [-0.15, -0.1) is 0 Å². The van der Waals surface area contributed by atoms with Crippen molar-refractivity contribution in [2.24, 2.45) is 5.41 Å². The molecule has 0 atom stereocenters. The second kappa shape index (κ2) is 5.38. The van der Waals surface area contributed by atoms with Crippen LogP contribution in [0.1, 0.15) is 37.7 Å². The van der Waals surface area contributed by atoms with E-state index in [2.05, 4.69) is 6.07 Å². The van der Waals surface area contributed by atoms with Gasteiger partial charge in [0.15, 0.2) is 0 Å². The van der Waals surface area contributed by atoms with E-state index in [-0.39, 0.29) is 5.41 Å². The highest BCUT2D eigenvalue weighted by atomic mass is 35.5. The van der Waals surface area contributed by atoms with E-state index >= 15 is 0 Å². The van der Waals surface area contributed by atoms with Crippen LogP contribution in [0, 0.1) is 16.7 Å². The molecule has 1 aromatic rings. The van der Waals surface area contributed by atoms with Gasteiger partial charge >= 0.3 is 0 Å². The zero-order valence-electron chi connectivity index (χ0n) is 9.82. The molecule has 1 aliphatic carbocycles. The summed E-state index contributed by atoms with van der Waals surface area (Å²) in [4.78, 5) is 0. The van der Waals surface area contributed by atoms with E-state index in [0.29, 0.717) is 0 Å². The topological polar surface area (TPSA) is 23.8 Å². The van der Waals surface area contributed by atoms with Gasteiger partial charge in [-0.3, -0.25) is 0 Å². The van der Waals surface area contributed by atoms with Gasteiger partial charge < -0.3 is 0 Å². The number of rotatable bonds is 2. The molecule has 2 heteroatoms. The number of nitrogens with zero attached hydrogens (tertiary/aromatic N) is 1. The SMILES string of the molecule is N#CC1(C=Cc2ccccc2Cl)CCCCC1. The fourth-order valence-electron chi connectivity index (χ4n) is 2.36. The summed E-state index contributed by atoms with van der Waals surface area (Å²) in [5.74, 6) is 0. The summed E-state index contributed by atoms with van der Waals surface area (Å²) in [5.41, 5.74) is 0.728. The molecule has 0 saturated heterocycles. The molecular weight excluding hydrogens is 230 g/mol. The molecule has 1 saturated carbocycles. The summed E-state index contributed by atoms with van der Waals surface area (Å²) >= 11 is 6.10. The van der Waals surface area contributed by atoms with E-state index in [4.69, 9.17) is 11.6 Å². The number of hydrogen-bond acceptors (Lipinski definition) is 1. The molecule has 0 heterocycles. The van der Waals surface area contributed by atoms with Crippen LogP contribution in [0.4, 0.5) is 0 Å². The van der Waals surface area contributed by atoms with Crippen LogP contribution in [-0.4, -0.2) is 0 Å². The molecule has 0 bridgehead atoms. The van der Waals surface area contributed by atoms with Crippen molar-refractivity contribution in [3.05, 3.63) is 40.9 Å². The summed E-state index contributed by atoms with van der Waals surface area (Å²) in [6, 6.07) is 10.2. The highest BCUT2D eigenvalue weighted by Gasteiger charge is 2.28. The lowest BCUT2D eigenvalue weighted by atomic mass is 9.75. The van der Waals surface area contributed by atoms with Crippen LogP contribution in [0.5, 0.6) is 0 Å². The molecule has 88 valence electrons. The predicted molar refractivity (Wildman–Crippen MR) is 71.6 cm³/mol. The molecule has 0 aromatic heterocycles. The average molecular weight is 246 g/mol. The van der Waals surface area contributed by atoms with Crippen molar-refractivity contribution in [2.75, 3.05) is 0 Å². The third-order valence-electron chi connectivity index (χ3n) is 3.46. The normalized spacial score (nSPS) is 19.1. The number of hydrogen-bond donors (Lipinski definition) is 0. The van der Waals surface area contributed by atoms with Crippen LogP contribution >= 0.6 is 11.6 Å². The van der Waals surface area contributed by atoms with Gasteiger partial charge in [0.25, 0.3) is 0 Å². The minimum atomic E-state index is -0.266. The lowest BCUT2D eigenvalue weighted by Crippen LogP contribution is -2.18. The van der Waals surface area contributed by atoms with Crippen molar-refractivity contribution < 1.29 is 0 Å². The fourth-order valence-corrected chi connectivity index (χ4v) is 2.56. The summed E-state index contributed by atoms with van der Waals surface area (Å²) in [7, 11) is 0. The zero-order valence-corrected chi connectivity index (χ0v) is 10.6. The van der Waals surface area contributed by atoms with Crippen molar-refractivity contribution in [2.45, 2.75) is 32.1 Å².